The fourth-order valence-electron chi connectivity index (χ4n) is 3.26. The summed E-state index contributed by atoms with van der Waals surface area (Å²) in [6.45, 7) is 3.84. The Balaban J connectivity index is 2.09. The number of fused-ring (bicyclic) bond motifs is 2. The van der Waals surface area contributed by atoms with Crippen molar-refractivity contribution in [3.05, 3.63) is 59.2 Å². The first-order chi connectivity index (χ1) is 12.5. The second-order valence-corrected chi connectivity index (χ2v) is 6.22. The van der Waals surface area contributed by atoms with Gasteiger partial charge in [-0.25, -0.2) is 9.78 Å². The molecule has 0 radical (unpaired) electrons. The Morgan fingerprint density at radius 3 is 2.65 bits per heavy atom. The number of methoxy groups -OCH3 is 1. The van der Waals surface area contributed by atoms with Crippen LogP contribution in [0, 0.1) is 13.8 Å². The molecular formula is C21H17NO4. The molecule has 0 aliphatic heterocycles. The number of para-hydroxylation sites is 1. The van der Waals surface area contributed by atoms with Crippen molar-refractivity contribution in [1.82, 2.24) is 4.98 Å². The molecule has 2 aromatic carbocycles. The number of aromatic hydroxyl groups is 1. The standard InChI is InChI=1S/C21H17NO4/c1-11-8-9-16(23)18-14(21(24)25-3)10-15(22-19(11)18)20-12(2)13-6-4-5-7-17(13)26-20/h4-10,23H,1-3H3. The van der Waals surface area contributed by atoms with E-state index >= 15 is 0 Å². The fraction of sp³-hybridized carbons (Fsp3) is 0.143. The van der Waals surface area contributed by atoms with Gasteiger partial charge in [-0.2, -0.15) is 0 Å². The molecule has 5 nitrogen and oxygen atoms in total. The van der Waals surface area contributed by atoms with Crippen molar-refractivity contribution in [2.75, 3.05) is 7.11 Å². The minimum atomic E-state index is -0.534. The van der Waals surface area contributed by atoms with Gasteiger partial charge in [-0.05, 0) is 37.6 Å². The van der Waals surface area contributed by atoms with Crippen molar-refractivity contribution in [1.29, 1.82) is 0 Å². The van der Waals surface area contributed by atoms with Crippen LogP contribution < -0.4 is 0 Å². The van der Waals surface area contributed by atoms with Crippen LogP contribution in [0.5, 0.6) is 5.75 Å². The first-order valence-corrected chi connectivity index (χ1v) is 8.21. The molecular weight excluding hydrogens is 330 g/mol. The summed E-state index contributed by atoms with van der Waals surface area (Å²) in [7, 11) is 1.31. The minimum absolute atomic E-state index is 0.00798. The highest BCUT2D eigenvalue weighted by atomic mass is 16.5. The molecule has 130 valence electrons. The third kappa shape index (κ3) is 2.32. The number of benzene rings is 2. The van der Waals surface area contributed by atoms with Crippen LogP contribution in [0.15, 0.2) is 46.9 Å². The molecule has 4 aromatic rings. The van der Waals surface area contributed by atoms with Crippen molar-refractivity contribution in [3.8, 4) is 17.2 Å². The molecule has 0 saturated carbocycles. The van der Waals surface area contributed by atoms with Gasteiger partial charge in [0.25, 0.3) is 0 Å². The van der Waals surface area contributed by atoms with Gasteiger partial charge in [0.1, 0.15) is 17.0 Å². The van der Waals surface area contributed by atoms with Crippen molar-refractivity contribution >= 4 is 27.8 Å². The molecule has 0 atom stereocenters. The monoisotopic (exact) mass is 347 g/mol. The first kappa shape index (κ1) is 16.1. The van der Waals surface area contributed by atoms with Crippen LogP contribution in [0.1, 0.15) is 21.5 Å². The summed E-state index contributed by atoms with van der Waals surface area (Å²) in [5, 5.41) is 11.7. The maximum absolute atomic E-state index is 12.3. The van der Waals surface area contributed by atoms with Crippen LogP contribution in [0.3, 0.4) is 0 Å². The maximum Gasteiger partial charge on any atom is 0.338 e. The van der Waals surface area contributed by atoms with Gasteiger partial charge in [-0.1, -0.05) is 24.3 Å². The van der Waals surface area contributed by atoms with Gasteiger partial charge in [0.05, 0.1) is 23.6 Å². The predicted molar refractivity (Wildman–Crippen MR) is 99.4 cm³/mol. The summed E-state index contributed by atoms with van der Waals surface area (Å²) in [4.78, 5) is 17.0. The van der Waals surface area contributed by atoms with E-state index in [1.807, 2.05) is 38.1 Å². The fourth-order valence-corrected chi connectivity index (χ4v) is 3.26. The van der Waals surface area contributed by atoms with Crippen LogP contribution in [0.4, 0.5) is 0 Å². The number of phenolic OH excluding ortho intramolecular Hbond substituents is 1. The number of rotatable bonds is 2. The number of phenols is 1. The van der Waals surface area contributed by atoms with Crippen molar-refractivity contribution in [2.24, 2.45) is 0 Å². The van der Waals surface area contributed by atoms with E-state index < -0.39 is 5.97 Å². The average molecular weight is 347 g/mol. The van der Waals surface area contributed by atoms with Gasteiger partial charge in [-0.15, -0.1) is 0 Å². The SMILES string of the molecule is COC(=O)c1cc(-c2oc3ccccc3c2C)nc2c(C)ccc(O)c12. The zero-order chi connectivity index (χ0) is 18.4. The number of nitrogens with zero attached hydrogens (tertiary/aromatic N) is 1. The maximum atomic E-state index is 12.3. The molecule has 1 N–H and O–H groups in total. The molecule has 0 spiro atoms. The van der Waals surface area contributed by atoms with E-state index in [0.717, 1.165) is 22.1 Å². The molecule has 0 bridgehead atoms. The van der Waals surface area contributed by atoms with E-state index in [1.54, 1.807) is 18.2 Å². The van der Waals surface area contributed by atoms with Gasteiger partial charge in [0.15, 0.2) is 5.76 Å². The van der Waals surface area contributed by atoms with E-state index in [-0.39, 0.29) is 11.3 Å². The number of aromatic nitrogens is 1. The number of hydrogen-bond acceptors (Lipinski definition) is 5. The summed E-state index contributed by atoms with van der Waals surface area (Å²) >= 11 is 0. The highest BCUT2D eigenvalue weighted by molar-refractivity contribution is 6.08. The quantitative estimate of drug-likeness (QED) is 0.529. The number of aryl methyl sites for hydroxylation is 2. The Morgan fingerprint density at radius 1 is 1.15 bits per heavy atom. The van der Waals surface area contributed by atoms with E-state index in [9.17, 15) is 9.90 Å². The second-order valence-electron chi connectivity index (χ2n) is 6.22. The van der Waals surface area contributed by atoms with Crippen molar-refractivity contribution in [2.45, 2.75) is 13.8 Å². The predicted octanol–water partition coefficient (Wildman–Crippen LogP) is 4.76. The van der Waals surface area contributed by atoms with E-state index in [4.69, 9.17) is 9.15 Å². The van der Waals surface area contributed by atoms with E-state index in [0.29, 0.717) is 22.4 Å². The summed E-state index contributed by atoms with van der Waals surface area (Å²) in [6, 6.07) is 12.7. The largest absolute Gasteiger partial charge is 0.507 e. The van der Waals surface area contributed by atoms with Gasteiger partial charge < -0.3 is 14.3 Å². The number of carbonyl (C=O) groups is 1. The molecule has 2 heterocycles. The second kappa shape index (κ2) is 5.88. The highest BCUT2D eigenvalue weighted by Gasteiger charge is 2.21. The Labute approximate surface area is 149 Å². The lowest BCUT2D eigenvalue weighted by molar-refractivity contribution is 0.0602. The number of carbonyl (C=O) groups excluding carboxylic acids is 1. The number of furan rings is 1. The topological polar surface area (TPSA) is 72.6 Å². The third-order valence-electron chi connectivity index (χ3n) is 4.62. The molecule has 0 saturated heterocycles. The van der Waals surface area contributed by atoms with E-state index in [1.165, 1.54) is 7.11 Å². The van der Waals surface area contributed by atoms with Crippen LogP contribution in [0.2, 0.25) is 0 Å². The van der Waals surface area contributed by atoms with Crippen molar-refractivity contribution in [3.63, 3.8) is 0 Å². The smallest absolute Gasteiger partial charge is 0.338 e. The van der Waals surface area contributed by atoms with Gasteiger partial charge in [0.2, 0.25) is 0 Å². The number of hydrogen-bond donors (Lipinski definition) is 1. The van der Waals surface area contributed by atoms with Crippen LogP contribution >= 0.6 is 0 Å². The summed E-state index contributed by atoms with van der Waals surface area (Å²) < 4.78 is 10.9. The molecule has 26 heavy (non-hydrogen) atoms. The van der Waals surface area contributed by atoms with E-state index in [2.05, 4.69) is 4.98 Å². The number of pyridine rings is 1. The average Bonchev–Trinajstić information content (AvgIpc) is 3.00. The van der Waals surface area contributed by atoms with Crippen LogP contribution in [-0.4, -0.2) is 23.2 Å². The molecule has 2 aromatic heterocycles. The lowest BCUT2D eigenvalue weighted by Crippen LogP contribution is -2.04. The zero-order valence-electron chi connectivity index (χ0n) is 14.7. The Kier molecular flexibility index (Phi) is 3.65. The third-order valence-corrected chi connectivity index (χ3v) is 4.62. The zero-order valence-corrected chi connectivity index (χ0v) is 14.7. The van der Waals surface area contributed by atoms with Gasteiger partial charge >= 0.3 is 5.97 Å². The Bertz CT molecular complexity index is 1170. The molecule has 0 fully saturated rings. The molecule has 0 unspecified atom stereocenters. The first-order valence-electron chi connectivity index (χ1n) is 8.21. The number of esters is 1. The summed E-state index contributed by atoms with van der Waals surface area (Å²) in [5.74, 6) is 0.0562. The molecule has 0 amide bonds. The van der Waals surface area contributed by atoms with Gasteiger partial charge in [0, 0.05) is 10.9 Å². The van der Waals surface area contributed by atoms with Crippen LogP contribution in [0.25, 0.3) is 33.3 Å². The Hall–Kier alpha value is -3.34. The summed E-state index contributed by atoms with van der Waals surface area (Å²) in [5.41, 5.74) is 3.88. The van der Waals surface area contributed by atoms with Crippen molar-refractivity contribution < 1.29 is 19.1 Å². The van der Waals surface area contributed by atoms with Gasteiger partial charge in [-0.3, -0.25) is 0 Å². The molecule has 4 rings (SSSR count). The molecule has 5 heteroatoms. The minimum Gasteiger partial charge on any atom is -0.507 e. The molecule has 0 aliphatic rings. The van der Waals surface area contributed by atoms with Crippen LogP contribution in [-0.2, 0) is 4.74 Å². The highest BCUT2D eigenvalue weighted by Crippen LogP contribution is 2.36. The number of ether oxygens (including phenoxy) is 1. The molecule has 0 aliphatic carbocycles. The lowest BCUT2D eigenvalue weighted by atomic mass is 10.0. The summed E-state index contributed by atoms with van der Waals surface area (Å²) in [6.07, 6.45) is 0. The normalized spacial score (nSPS) is 11.2. The lowest BCUT2D eigenvalue weighted by Gasteiger charge is -2.11. The Morgan fingerprint density at radius 2 is 1.92 bits per heavy atom.